The summed E-state index contributed by atoms with van der Waals surface area (Å²) in [4.78, 5) is 4.60. The molecule has 33 heavy (non-hydrogen) atoms. The highest BCUT2D eigenvalue weighted by Gasteiger charge is 2.17. The van der Waals surface area contributed by atoms with E-state index in [1.807, 2.05) is 18.3 Å². The highest BCUT2D eigenvalue weighted by atomic mass is 14.9. The van der Waals surface area contributed by atoms with E-state index in [1.54, 1.807) is 0 Å². The van der Waals surface area contributed by atoms with Gasteiger partial charge in [0.05, 0.1) is 5.69 Å². The monoisotopic (exact) mass is 427 g/mol. The molecule has 0 aliphatic heterocycles. The molecule has 0 unspecified atom stereocenters. The highest BCUT2D eigenvalue weighted by molar-refractivity contribution is 5.73. The molecule has 0 bridgehead atoms. The molecule has 2 heterocycles. The maximum absolute atomic E-state index is 4.60. The van der Waals surface area contributed by atoms with Crippen molar-refractivity contribution in [3.63, 3.8) is 0 Å². The molecule has 5 rings (SSSR count). The molecule has 0 atom stereocenters. The van der Waals surface area contributed by atoms with Crippen LogP contribution in [0.3, 0.4) is 0 Å². The van der Waals surface area contributed by atoms with Crippen LogP contribution in [0.1, 0.15) is 16.7 Å². The average molecular weight is 428 g/mol. The van der Waals surface area contributed by atoms with Crippen LogP contribution >= 0.6 is 0 Å². The molecule has 5 aromatic rings. The first-order valence-electron chi connectivity index (χ1n) is 11.3. The van der Waals surface area contributed by atoms with E-state index < -0.39 is 0 Å². The minimum atomic E-state index is 0.845. The number of aryl methyl sites for hydroxylation is 2. The second kappa shape index (κ2) is 9.22. The summed E-state index contributed by atoms with van der Waals surface area (Å²) in [6.07, 6.45) is 4.87. The molecular formula is C31H27N2+. The molecule has 0 saturated heterocycles. The number of benzene rings is 3. The molecule has 3 aromatic carbocycles. The Hall–Kier alpha value is -4.04. The first-order chi connectivity index (χ1) is 16.2. The lowest BCUT2D eigenvalue weighted by atomic mass is 9.92. The van der Waals surface area contributed by atoms with E-state index in [-0.39, 0.29) is 0 Å². The highest BCUT2D eigenvalue weighted by Crippen LogP contribution is 2.30. The zero-order chi connectivity index (χ0) is 22.6. The van der Waals surface area contributed by atoms with E-state index >= 15 is 0 Å². The van der Waals surface area contributed by atoms with Gasteiger partial charge in [-0.25, -0.2) is 4.57 Å². The SMILES string of the molecule is Cc1ccccc1-c1cc[n+](C)c(-c2ccccc2Cc2ccccc2-c2ccccn2)c1. The molecule has 0 aliphatic rings. The van der Waals surface area contributed by atoms with Crippen LogP contribution in [0, 0.1) is 6.92 Å². The molecule has 0 amide bonds. The normalized spacial score (nSPS) is 10.8. The van der Waals surface area contributed by atoms with E-state index in [0.29, 0.717) is 0 Å². The molecule has 0 saturated carbocycles. The van der Waals surface area contributed by atoms with E-state index in [9.17, 15) is 0 Å². The Morgan fingerprint density at radius 2 is 1.30 bits per heavy atom. The number of hydrogen-bond acceptors (Lipinski definition) is 1. The maximum Gasteiger partial charge on any atom is 0.213 e. The van der Waals surface area contributed by atoms with Gasteiger partial charge in [-0.2, -0.15) is 0 Å². The minimum absolute atomic E-state index is 0.845. The summed E-state index contributed by atoms with van der Waals surface area (Å²) in [5, 5.41) is 0. The van der Waals surface area contributed by atoms with Gasteiger partial charge in [0, 0.05) is 29.5 Å². The van der Waals surface area contributed by atoms with Crippen molar-refractivity contribution in [2.45, 2.75) is 13.3 Å². The fraction of sp³-hybridized carbons (Fsp3) is 0.0968. The van der Waals surface area contributed by atoms with Crippen LogP contribution in [0.2, 0.25) is 0 Å². The van der Waals surface area contributed by atoms with E-state index in [0.717, 1.165) is 12.1 Å². The summed E-state index contributed by atoms with van der Waals surface area (Å²) in [5.74, 6) is 0. The number of pyridine rings is 2. The predicted octanol–water partition coefficient (Wildman–Crippen LogP) is 6.81. The van der Waals surface area contributed by atoms with Gasteiger partial charge >= 0.3 is 0 Å². The van der Waals surface area contributed by atoms with Crippen molar-refractivity contribution < 1.29 is 4.57 Å². The van der Waals surface area contributed by atoms with Crippen molar-refractivity contribution in [1.82, 2.24) is 4.98 Å². The van der Waals surface area contributed by atoms with Crippen molar-refractivity contribution in [2.75, 3.05) is 0 Å². The summed E-state index contributed by atoms with van der Waals surface area (Å²) in [7, 11) is 2.12. The molecule has 0 N–H and O–H groups in total. The molecule has 0 aliphatic carbocycles. The molecule has 2 heteroatoms. The lowest BCUT2D eigenvalue weighted by Gasteiger charge is -2.13. The van der Waals surface area contributed by atoms with Crippen LogP contribution in [0.5, 0.6) is 0 Å². The average Bonchev–Trinajstić information content (AvgIpc) is 2.86. The zero-order valence-corrected chi connectivity index (χ0v) is 19.1. The minimum Gasteiger partial charge on any atom is -0.256 e. The smallest absolute Gasteiger partial charge is 0.213 e. The largest absolute Gasteiger partial charge is 0.256 e. The van der Waals surface area contributed by atoms with Gasteiger partial charge in [-0.05, 0) is 59.4 Å². The molecule has 0 spiro atoms. The van der Waals surface area contributed by atoms with Crippen LogP contribution in [-0.2, 0) is 13.5 Å². The van der Waals surface area contributed by atoms with Crippen LogP contribution < -0.4 is 4.57 Å². The Bertz CT molecular complexity index is 1400. The third-order valence-electron chi connectivity index (χ3n) is 6.24. The summed E-state index contributed by atoms with van der Waals surface area (Å²) < 4.78 is 2.21. The van der Waals surface area contributed by atoms with Gasteiger partial charge in [0.1, 0.15) is 7.05 Å². The summed E-state index contributed by atoms with van der Waals surface area (Å²) >= 11 is 0. The summed E-state index contributed by atoms with van der Waals surface area (Å²) in [5.41, 5.74) is 11.0. The Labute approximate surface area is 195 Å². The van der Waals surface area contributed by atoms with Crippen LogP contribution in [0.15, 0.2) is 116 Å². The van der Waals surface area contributed by atoms with Crippen LogP contribution in [-0.4, -0.2) is 4.98 Å². The number of hydrogen-bond donors (Lipinski definition) is 0. The van der Waals surface area contributed by atoms with Crippen molar-refractivity contribution in [1.29, 1.82) is 0 Å². The van der Waals surface area contributed by atoms with E-state index in [2.05, 4.69) is 121 Å². The lowest BCUT2D eigenvalue weighted by molar-refractivity contribution is -0.660. The molecule has 0 radical (unpaired) electrons. The summed E-state index contributed by atoms with van der Waals surface area (Å²) in [6.45, 7) is 2.17. The third kappa shape index (κ3) is 4.33. The van der Waals surface area contributed by atoms with E-state index in [1.165, 1.54) is 44.6 Å². The fourth-order valence-corrected chi connectivity index (χ4v) is 4.48. The number of aromatic nitrogens is 2. The standard InChI is InChI=1S/C31H27N2/c1-23-11-3-6-14-27(23)26-18-20-33(2)31(22-26)29-16-8-5-13-25(29)21-24-12-4-7-15-28(24)30-17-9-10-19-32-30/h3-20,22H,21H2,1-2H3/q+1. The zero-order valence-electron chi connectivity index (χ0n) is 19.1. The van der Waals surface area contributed by atoms with Crippen LogP contribution in [0.25, 0.3) is 33.6 Å². The van der Waals surface area contributed by atoms with Gasteiger partial charge in [-0.3, -0.25) is 4.98 Å². The van der Waals surface area contributed by atoms with Gasteiger partial charge in [-0.15, -0.1) is 0 Å². The van der Waals surface area contributed by atoms with Crippen molar-refractivity contribution in [2.24, 2.45) is 7.05 Å². The molecule has 2 aromatic heterocycles. The Morgan fingerprint density at radius 3 is 2.03 bits per heavy atom. The molecule has 160 valence electrons. The lowest BCUT2D eigenvalue weighted by Crippen LogP contribution is -2.30. The number of rotatable bonds is 5. The molecule has 2 nitrogen and oxygen atoms in total. The Morgan fingerprint density at radius 1 is 0.667 bits per heavy atom. The maximum atomic E-state index is 4.60. The Kier molecular flexibility index (Phi) is 5.82. The van der Waals surface area contributed by atoms with Gasteiger partial charge in [0.25, 0.3) is 0 Å². The fourth-order valence-electron chi connectivity index (χ4n) is 4.48. The van der Waals surface area contributed by atoms with Gasteiger partial charge in [0.15, 0.2) is 6.20 Å². The molecule has 0 fully saturated rings. The Balaban J connectivity index is 1.59. The second-order valence-corrected chi connectivity index (χ2v) is 8.43. The van der Waals surface area contributed by atoms with Gasteiger partial charge in [-0.1, -0.05) is 72.8 Å². The van der Waals surface area contributed by atoms with Crippen molar-refractivity contribution in [3.05, 3.63) is 132 Å². The van der Waals surface area contributed by atoms with Crippen molar-refractivity contribution >= 4 is 0 Å². The van der Waals surface area contributed by atoms with E-state index in [4.69, 9.17) is 0 Å². The topological polar surface area (TPSA) is 16.8 Å². The summed E-state index contributed by atoms with van der Waals surface area (Å²) in [6, 6.07) is 36.5. The third-order valence-corrected chi connectivity index (χ3v) is 6.24. The van der Waals surface area contributed by atoms with Gasteiger partial charge in [0.2, 0.25) is 5.69 Å². The second-order valence-electron chi connectivity index (χ2n) is 8.43. The first-order valence-corrected chi connectivity index (χ1v) is 11.3. The first kappa shape index (κ1) is 20.8. The van der Waals surface area contributed by atoms with Crippen LogP contribution in [0.4, 0.5) is 0 Å². The molecular weight excluding hydrogens is 400 g/mol. The van der Waals surface area contributed by atoms with Crippen molar-refractivity contribution in [3.8, 4) is 33.6 Å². The predicted molar refractivity (Wildman–Crippen MR) is 136 cm³/mol. The van der Waals surface area contributed by atoms with Gasteiger partial charge < -0.3 is 0 Å². The quantitative estimate of drug-likeness (QED) is 0.282. The number of nitrogens with zero attached hydrogens (tertiary/aromatic N) is 2.